The van der Waals surface area contributed by atoms with Crippen molar-refractivity contribution in [2.75, 3.05) is 7.11 Å². The van der Waals surface area contributed by atoms with Crippen LogP contribution in [0.3, 0.4) is 0 Å². The standard InChI is InChI=1S/C15H14N4O4S2/c1-9-16-11(8-24-9)6-14-17-18-15(23-14)25-7-10-5-12(19(20)21)3-4-13(10)22-2/h3-5,8H,6-7H2,1-2H3. The van der Waals surface area contributed by atoms with Crippen molar-refractivity contribution in [1.82, 2.24) is 15.2 Å². The normalized spacial score (nSPS) is 10.8. The molecule has 130 valence electrons. The van der Waals surface area contributed by atoms with Crippen LogP contribution in [0.2, 0.25) is 0 Å². The molecule has 8 nitrogen and oxygen atoms in total. The predicted octanol–water partition coefficient (Wildman–Crippen LogP) is 3.63. The van der Waals surface area contributed by atoms with Crippen molar-refractivity contribution < 1.29 is 14.1 Å². The summed E-state index contributed by atoms with van der Waals surface area (Å²) >= 11 is 2.87. The molecule has 0 saturated heterocycles. The number of nitrogens with zero attached hydrogens (tertiary/aromatic N) is 4. The van der Waals surface area contributed by atoms with Gasteiger partial charge in [0.2, 0.25) is 5.89 Å². The zero-order valence-electron chi connectivity index (χ0n) is 13.5. The van der Waals surface area contributed by atoms with Gasteiger partial charge >= 0.3 is 0 Å². The number of nitro benzene ring substituents is 1. The number of benzene rings is 1. The molecule has 2 aromatic heterocycles. The molecule has 0 aliphatic heterocycles. The molecular weight excluding hydrogens is 364 g/mol. The highest BCUT2D eigenvalue weighted by atomic mass is 32.2. The summed E-state index contributed by atoms with van der Waals surface area (Å²) in [5.41, 5.74) is 1.60. The molecule has 0 N–H and O–H groups in total. The number of methoxy groups -OCH3 is 1. The minimum absolute atomic E-state index is 0.0153. The van der Waals surface area contributed by atoms with E-state index in [0.717, 1.165) is 10.7 Å². The zero-order valence-corrected chi connectivity index (χ0v) is 15.1. The van der Waals surface area contributed by atoms with Crippen LogP contribution in [0.5, 0.6) is 5.75 Å². The summed E-state index contributed by atoms with van der Waals surface area (Å²) < 4.78 is 10.8. The molecule has 0 spiro atoms. The fourth-order valence-corrected chi connectivity index (χ4v) is 3.51. The second-order valence-corrected chi connectivity index (χ2v) is 7.03. The van der Waals surface area contributed by atoms with Gasteiger partial charge in [0.05, 0.1) is 29.2 Å². The molecule has 0 amide bonds. The van der Waals surface area contributed by atoms with Gasteiger partial charge in [-0.25, -0.2) is 4.98 Å². The van der Waals surface area contributed by atoms with Gasteiger partial charge in [-0.1, -0.05) is 11.8 Å². The minimum Gasteiger partial charge on any atom is -0.496 e. The first-order valence-electron chi connectivity index (χ1n) is 7.22. The van der Waals surface area contributed by atoms with Crippen molar-refractivity contribution in [1.29, 1.82) is 0 Å². The third-order valence-electron chi connectivity index (χ3n) is 3.27. The molecule has 3 aromatic rings. The van der Waals surface area contributed by atoms with Crippen LogP contribution in [-0.2, 0) is 12.2 Å². The molecule has 10 heteroatoms. The maximum Gasteiger partial charge on any atom is 0.276 e. The third-order valence-corrected chi connectivity index (χ3v) is 4.96. The maximum atomic E-state index is 10.9. The van der Waals surface area contributed by atoms with Gasteiger partial charge in [-0.15, -0.1) is 21.5 Å². The van der Waals surface area contributed by atoms with Gasteiger partial charge in [-0.3, -0.25) is 10.1 Å². The molecule has 0 bridgehead atoms. The number of thioether (sulfide) groups is 1. The third kappa shape index (κ3) is 4.34. The lowest BCUT2D eigenvalue weighted by atomic mass is 10.2. The van der Waals surface area contributed by atoms with E-state index in [4.69, 9.17) is 9.15 Å². The topological polar surface area (TPSA) is 104 Å². The molecule has 0 aliphatic rings. The molecule has 0 fully saturated rings. The minimum atomic E-state index is -0.436. The van der Waals surface area contributed by atoms with E-state index < -0.39 is 4.92 Å². The van der Waals surface area contributed by atoms with E-state index >= 15 is 0 Å². The van der Waals surface area contributed by atoms with E-state index in [1.807, 2.05) is 12.3 Å². The van der Waals surface area contributed by atoms with Gasteiger partial charge in [0.1, 0.15) is 5.75 Å². The molecule has 0 saturated carbocycles. The quantitative estimate of drug-likeness (QED) is 0.349. The van der Waals surface area contributed by atoms with Crippen LogP contribution in [-0.4, -0.2) is 27.2 Å². The van der Waals surface area contributed by atoms with Crippen LogP contribution in [0, 0.1) is 17.0 Å². The SMILES string of the molecule is COc1ccc([N+](=O)[O-])cc1CSc1nnc(Cc2csc(C)n2)o1. The lowest BCUT2D eigenvalue weighted by molar-refractivity contribution is -0.384. The summed E-state index contributed by atoms with van der Waals surface area (Å²) in [5, 5.41) is 22.3. The number of nitro groups is 1. The molecular formula is C15H14N4O4S2. The molecule has 2 heterocycles. The zero-order chi connectivity index (χ0) is 17.8. The van der Waals surface area contributed by atoms with Crippen molar-refractivity contribution in [2.45, 2.75) is 24.3 Å². The van der Waals surface area contributed by atoms with E-state index in [2.05, 4.69) is 15.2 Å². The van der Waals surface area contributed by atoms with Crippen molar-refractivity contribution in [2.24, 2.45) is 0 Å². The number of hydrogen-bond acceptors (Lipinski definition) is 9. The van der Waals surface area contributed by atoms with Crippen LogP contribution in [0.25, 0.3) is 0 Å². The van der Waals surface area contributed by atoms with Crippen LogP contribution in [0.15, 0.2) is 33.2 Å². The van der Waals surface area contributed by atoms with Gasteiger partial charge in [-0.2, -0.15) is 0 Å². The van der Waals surface area contributed by atoms with Crippen LogP contribution in [0.1, 0.15) is 22.2 Å². The van der Waals surface area contributed by atoms with Gasteiger partial charge < -0.3 is 9.15 Å². The maximum absolute atomic E-state index is 10.9. The Kier molecular flexibility index (Phi) is 5.29. The Balaban J connectivity index is 1.67. The number of hydrogen-bond donors (Lipinski definition) is 0. The van der Waals surface area contributed by atoms with Crippen molar-refractivity contribution in [3.05, 3.63) is 55.8 Å². The number of ether oxygens (including phenoxy) is 1. The van der Waals surface area contributed by atoms with Gasteiger partial charge in [-0.05, 0) is 13.0 Å². The second-order valence-electron chi connectivity index (χ2n) is 5.04. The number of non-ortho nitro benzene ring substituents is 1. The largest absolute Gasteiger partial charge is 0.496 e. The highest BCUT2D eigenvalue weighted by Crippen LogP contribution is 2.30. The van der Waals surface area contributed by atoms with E-state index in [1.165, 1.54) is 31.0 Å². The Bertz CT molecular complexity index is 893. The lowest BCUT2D eigenvalue weighted by Crippen LogP contribution is -1.94. The lowest BCUT2D eigenvalue weighted by Gasteiger charge is -2.06. The molecule has 0 unspecified atom stereocenters. The molecule has 0 atom stereocenters. The summed E-state index contributed by atoms with van der Waals surface area (Å²) in [6, 6.07) is 4.48. The van der Waals surface area contributed by atoms with Gasteiger partial charge in [0.25, 0.3) is 10.9 Å². The highest BCUT2D eigenvalue weighted by Gasteiger charge is 2.14. The predicted molar refractivity (Wildman–Crippen MR) is 93.2 cm³/mol. The molecule has 3 rings (SSSR count). The van der Waals surface area contributed by atoms with Crippen LogP contribution >= 0.6 is 23.1 Å². The fourth-order valence-electron chi connectivity index (χ4n) is 2.14. The monoisotopic (exact) mass is 378 g/mol. The van der Waals surface area contributed by atoms with Crippen molar-refractivity contribution >= 4 is 28.8 Å². The van der Waals surface area contributed by atoms with Crippen LogP contribution in [0.4, 0.5) is 5.69 Å². The van der Waals surface area contributed by atoms with E-state index in [0.29, 0.717) is 34.6 Å². The molecule has 1 aromatic carbocycles. The fraction of sp³-hybridized carbons (Fsp3) is 0.267. The summed E-state index contributed by atoms with van der Waals surface area (Å²) in [7, 11) is 1.52. The summed E-state index contributed by atoms with van der Waals surface area (Å²) in [6.07, 6.45) is 0.484. The van der Waals surface area contributed by atoms with Crippen LogP contribution < -0.4 is 4.74 Å². The Morgan fingerprint density at radius 1 is 1.40 bits per heavy atom. The number of aromatic nitrogens is 3. The summed E-state index contributed by atoms with van der Waals surface area (Å²) in [5.74, 6) is 1.48. The number of aryl methyl sites for hydroxylation is 1. The van der Waals surface area contributed by atoms with Gasteiger partial charge in [0, 0.05) is 28.8 Å². The molecule has 0 radical (unpaired) electrons. The molecule has 0 aliphatic carbocycles. The number of thiazole rings is 1. The molecule has 25 heavy (non-hydrogen) atoms. The van der Waals surface area contributed by atoms with E-state index in [1.54, 1.807) is 17.4 Å². The Hall–Kier alpha value is -2.46. The Labute approximate surface area is 151 Å². The first kappa shape index (κ1) is 17.4. The van der Waals surface area contributed by atoms with E-state index in [9.17, 15) is 10.1 Å². The smallest absolute Gasteiger partial charge is 0.276 e. The van der Waals surface area contributed by atoms with Gasteiger partial charge in [0.15, 0.2) is 0 Å². The second kappa shape index (κ2) is 7.62. The van der Waals surface area contributed by atoms with Crippen molar-refractivity contribution in [3.8, 4) is 5.75 Å². The van der Waals surface area contributed by atoms with Crippen molar-refractivity contribution in [3.63, 3.8) is 0 Å². The average Bonchev–Trinajstić information content (AvgIpc) is 3.21. The first-order chi connectivity index (χ1) is 12.0. The summed E-state index contributed by atoms with van der Waals surface area (Å²) in [4.78, 5) is 14.8. The summed E-state index contributed by atoms with van der Waals surface area (Å²) in [6.45, 7) is 1.94. The first-order valence-corrected chi connectivity index (χ1v) is 9.09. The highest BCUT2D eigenvalue weighted by molar-refractivity contribution is 7.98. The Morgan fingerprint density at radius 3 is 2.92 bits per heavy atom. The Morgan fingerprint density at radius 2 is 2.24 bits per heavy atom. The number of rotatable bonds is 7. The van der Waals surface area contributed by atoms with E-state index in [-0.39, 0.29) is 5.69 Å². The average molecular weight is 378 g/mol.